The zero-order chi connectivity index (χ0) is 21.0. The summed E-state index contributed by atoms with van der Waals surface area (Å²) in [6, 6.07) is 9.93. The highest BCUT2D eigenvalue weighted by molar-refractivity contribution is 7.09. The van der Waals surface area contributed by atoms with Gasteiger partial charge in [0.05, 0.1) is 5.56 Å². The number of rotatable bonds is 4. The van der Waals surface area contributed by atoms with E-state index in [2.05, 4.69) is 9.98 Å². The summed E-state index contributed by atoms with van der Waals surface area (Å²) in [4.78, 5) is 23.7. The maximum absolute atomic E-state index is 12.8. The Labute approximate surface area is 169 Å². The van der Waals surface area contributed by atoms with Crippen LogP contribution in [0.15, 0.2) is 59.9 Å². The van der Waals surface area contributed by atoms with Gasteiger partial charge in [0, 0.05) is 48.7 Å². The van der Waals surface area contributed by atoms with Gasteiger partial charge in [-0.2, -0.15) is 18.2 Å². The molecule has 0 saturated heterocycles. The third-order valence-electron chi connectivity index (χ3n) is 4.19. The van der Waals surface area contributed by atoms with Crippen LogP contribution in [0.5, 0.6) is 0 Å². The molecule has 0 aliphatic heterocycles. The minimum Gasteiger partial charge on any atom is -0.325 e. The second-order valence-corrected chi connectivity index (χ2v) is 7.64. The molecule has 2 amide bonds. The van der Waals surface area contributed by atoms with Crippen LogP contribution < -0.4 is 4.80 Å². The fourth-order valence-electron chi connectivity index (χ4n) is 2.62. The minimum atomic E-state index is -4.40. The third kappa shape index (κ3) is 5.32. The first-order valence-electron chi connectivity index (χ1n) is 8.80. The van der Waals surface area contributed by atoms with Crippen LogP contribution in [0.3, 0.4) is 0 Å². The van der Waals surface area contributed by atoms with Crippen molar-refractivity contribution >= 4 is 17.4 Å². The molecule has 0 unspecified atom stereocenters. The summed E-state index contributed by atoms with van der Waals surface area (Å²) in [5.41, 5.74) is 0.654. The Morgan fingerprint density at radius 2 is 1.93 bits per heavy atom. The van der Waals surface area contributed by atoms with E-state index in [1.165, 1.54) is 28.4 Å². The Hall–Kier alpha value is -2.94. The smallest absolute Gasteiger partial charge is 0.325 e. The second kappa shape index (κ2) is 8.60. The molecular weight excluding hydrogens is 401 g/mol. The van der Waals surface area contributed by atoms with E-state index in [9.17, 15) is 18.0 Å². The molecule has 3 rings (SSSR count). The van der Waals surface area contributed by atoms with Crippen LogP contribution in [0, 0.1) is 6.92 Å². The normalized spacial score (nSPS) is 12.2. The minimum absolute atomic E-state index is 0.400. The Kier molecular flexibility index (Phi) is 6.17. The summed E-state index contributed by atoms with van der Waals surface area (Å²) in [6.45, 7) is 2.30. The van der Waals surface area contributed by atoms with Crippen molar-refractivity contribution in [2.75, 3.05) is 13.6 Å². The predicted molar refractivity (Wildman–Crippen MR) is 105 cm³/mol. The number of hydrogen-bond donors (Lipinski definition) is 0. The Morgan fingerprint density at radius 3 is 2.55 bits per heavy atom. The highest BCUT2D eigenvalue weighted by atomic mass is 32.1. The van der Waals surface area contributed by atoms with Gasteiger partial charge < -0.3 is 4.90 Å². The molecule has 3 aromatic rings. The lowest BCUT2D eigenvalue weighted by Crippen LogP contribution is -2.28. The second-order valence-electron chi connectivity index (χ2n) is 6.43. The first kappa shape index (κ1) is 20.8. The highest BCUT2D eigenvalue weighted by Gasteiger charge is 2.30. The number of hydrogen-bond acceptors (Lipinski definition) is 3. The molecule has 0 N–H and O–H groups in total. The first-order valence-corrected chi connectivity index (χ1v) is 9.62. The topological polar surface area (TPSA) is 50.5 Å². The van der Waals surface area contributed by atoms with Crippen molar-refractivity contribution in [1.82, 2.24) is 14.5 Å². The van der Waals surface area contributed by atoms with Gasteiger partial charge >= 0.3 is 12.2 Å². The van der Waals surface area contributed by atoms with Crippen LogP contribution in [-0.4, -0.2) is 34.1 Å². The Morgan fingerprint density at radius 1 is 1.21 bits per heavy atom. The number of urea groups is 1. The van der Waals surface area contributed by atoms with E-state index in [0.29, 0.717) is 23.5 Å². The molecule has 152 valence electrons. The van der Waals surface area contributed by atoms with Crippen LogP contribution in [0.4, 0.5) is 18.0 Å². The maximum Gasteiger partial charge on any atom is 0.416 e. The van der Waals surface area contributed by atoms with Crippen molar-refractivity contribution in [2.24, 2.45) is 4.99 Å². The predicted octanol–water partition coefficient (Wildman–Crippen LogP) is 4.46. The number of alkyl halides is 3. The number of nitrogens with zero attached hydrogens (tertiary/aromatic N) is 4. The molecule has 5 nitrogen and oxygen atoms in total. The molecule has 0 aliphatic carbocycles. The molecule has 0 bridgehead atoms. The molecule has 0 aliphatic rings. The average Bonchev–Trinajstić information content (AvgIpc) is 3.06. The molecule has 0 spiro atoms. The molecule has 0 radical (unpaired) electrons. The van der Waals surface area contributed by atoms with Gasteiger partial charge in [0.25, 0.3) is 0 Å². The number of carbonyl (C=O) groups excluding carboxylic acids is 1. The zero-order valence-corrected chi connectivity index (χ0v) is 16.7. The zero-order valence-electron chi connectivity index (χ0n) is 15.8. The van der Waals surface area contributed by atoms with Crippen molar-refractivity contribution in [3.05, 3.63) is 75.8 Å². The number of aryl methyl sites for hydroxylation is 1. The van der Waals surface area contributed by atoms with E-state index < -0.39 is 17.8 Å². The molecule has 2 heterocycles. The van der Waals surface area contributed by atoms with Gasteiger partial charge in [-0.3, -0.25) is 9.55 Å². The number of amides is 2. The summed E-state index contributed by atoms with van der Waals surface area (Å²) >= 11 is 1.29. The van der Waals surface area contributed by atoms with E-state index in [1.807, 2.05) is 25.1 Å². The van der Waals surface area contributed by atoms with Gasteiger partial charge in [-0.1, -0.05) is 6.07 Å². The number of pyridine rings is 1. The molecule has 2 aromatic heterocycles. The quantitative estimate of drug-likeness (QED) is 0.626. The molecule has 1 aromatic carbocycles. The monoisotopic (exact) mass is 420 g/mol. The summed E-state index contributed by atoms with van der Waals surface area (Å²) in [5.74, 6) is 0. The van der Waals surface area contributed by atoms with Crippen molar-refractivity contribution in [1.29, 1.82) is 0 Å². The van der Waals surface area contributed by atoms with Crippen LogP contribution in [0.2, 0.25) is 0 Å². The summed E-state index contributed by atoms with van der Waals surface area (Å²) in [7, 11) is 1.65. The Balaban J connectivity index is 1.80. The van der Waals surface area contributed by atoms with Gasteiger partial charge in [-0.25, -0.2) is 4.79 Å². The number of halogens is 3. The largest absolute Gasteiger partial charge is 0.416 e. The van der Waals surface area contributed by atoms with Gasteiger partial charge in [-0.05, 0) is 43.3 Å². The molecule has 29 heavy (non-hydrogen) atoms. The lowest BCUT2D eigenvalue weighted by Gasteiger charge is -2.13. The van der Waals surface area contributed by atoms with Crippen LogP contribution in [0.1, 0.15) is 16.1 Å². The molecule has 0 fully saturated rings. The number of carbonyl (C=O) groups is 1. The van der Waals surface area contributed by atoms with Gasteiger partial charge in [-0.15, -0.1) is 11.3 Å². The van der Waals surface area contributed by atoms with E-state index in [1.54, 1.807) is 24.0 Å². The van der Waals surface area contributed by atoms with Crippen molar-refractivity contribution in [3.63, 3.8) is 0 Å². The van der Waals surface area contributed by atoms with E-state index in [4.69, 9.17) is 0 Å². The molecule has 9 heteroatoms. The average molecular weight is 420 g/mol. The van der Waals surface area contributed by atoms with E-state index >= 15 is 0 Å². The summed E-state index contributed by atoms with van der Waals surface area (Å²) in [5, 5.41) is 0. The number of aromatic nitrogens is 2. The van der Waals surface area contributed by atoms with Crippen LogP contribution >= 0.6 is 11.3 Å². The van der Waals surface area contributed by atoms with Crippen molar-refractivity contribution < 1.29 is 18.0 Å². The molecular formula is C20H19F3N4OS. The summed E-state index contributed by atoms with van der Waals surface area (Å²) in [6.07, 6.45) is -0.357. The maximum atomic E-state index is 12.8. The molecule has 0 atom stereocenters. The van der Waals surface area contributed by atoms with E-state index in [0.717, 1.165) is 22.7 Å². The first-order chi connectivity index (χ1) is 13.7. The lowest BCUT2D eigenvalue weighted by atomic mass is 10.2. The van der Waals surface area contributed by atoms with Crippen molar-refractivity contribution in [3.8, 4) is 5.69 Å². The molecule has 0 saturated carbocycles. The standard InChI is InChI=1S/C20H19F3N4OS/c1-14-13-27(17-8-6-15(7-9-17)20(21,22)23)19(29-14)25-18(28)26(2)12-10-16-5-3-4-11-24-16/h3-9,11,13H,10,12H2,1-2H3/b25-19-. The van der Waals surface area contributed by atoms with Gasteiger partial charge in [0.1, 0.15) is 0 Å². The fraction of sp³-hybridized carbons (Fsp3) is 0.250. The SMILES string of the molecule is Cc1cn(-c2ccc(C(F)(F)F)cc2)/c(=N/C(=O)N(C)CCc2ccccn2)s1. The number of thiazole rings is 1. The number of benzene rings is 1. The highest BCUT2D eigenvalue weighted by Crippen LogP contribution is 2.29. The summed E-state index contributed by atoms with van der Waals surface area (Å²) < 4.78 is 40.0. The fourth-order valence-corrected chi connectivity index (χ4v) is 3.45. The van der Waals surface area contributed by atoms with Crippen LogP contribution in [-0.2, 0) is 12.6 Å². The van der Waals surface area contributed by atoms with Crippen molar-refractivity contribution in [2.45, 2.75) is 19.5 Å². The Bertz CT molecular complexity index is 1040. The lowest BCUT2D eigenvalue weighted by molar-refractivity contribution is -0.137. The van der Waals surface area contributed by atoms with Gasteiger partial charge in [0.15, 0.2) is 4.80 Å². The number of likely N-dealkylation sites (N-methyl/N-ethyl adjacent to an activating group) is 1. The third-order valence-corrected chi connectivity index (χ3v) is 5.09. The van der Waals surface area contributed by atoms with Gasteiger partial charge in [0.2, 0.25) is 0 Å². The van der Waals surface area contributed by atoms with E-state index in [-0.39, 0.29) is 0 Å². The van der Waals surface area contributed by atoms with Crippen LogP contribution in [0.25, 0.3) is 5.69 Å².